The van der Waals surface area contributed by atoms with E-state index in [1.54, 1.807) is 0 Å². The molecule has 22 heavy (non-hydrogen) atoms. The van der Waals surface area contributed by atoms with Crippen LogP contribution in [0.5, 0.6) is 0 Å². The summed E-state index contributed by atoms with van der Waals surface area (Å²) in [5.74, 6) is 0.594. The number of hydrogen-bond donors (Lipinski definition) is 0. The lowest BCUT2D eigenvalue weighted by Gasteiger charge is -2.28. The van der Waals surface area contributed by atoms with Gasteiger partial charge in [-0.25, -0.2) is 4.39 Å². The number of rotatable bonds is 6. The van der Waals surface area contributed by atoms with Crippen molar-refractivity contribution in [2.24, 2.45) is 11.8 Å². The van der Waals surface area contributed by atoms with Crippen LogP contribution in [0.15, 0.2) is 36.2 Å². The minimum Gasteiger partial charge on any atom is -0.207 e. The van der Waals surface area contributed by atoms with Gasteiger partial charge in [0.2, 0.25) is 0 Å². The molecule has 0 saturated heterocycles. The maximum atomic E-state index is 12.9. The molecule has 0 bridgehead atoms. The molecule has 0 radical (unpaired) electrons. The van der Waals surface area contributed by atoms with Gasteiger partial charge in [0.15, 0.2) is 5.83 Å². The Morgan fingerprint density at radius 1 is 1.09 bits per heavy atom. The number of allylic oxidation sites excluding steroid dienone is 2. The van der Waals surface area contributed by atoms with Gasteiger partial charge in [0.1, 0.15) is 11.9 Å². The highest BCUT2D eigenvalue weighted by Crippen LogP contribution is 2.34. The molecule has 0 aliphatic heterocycles. The topological polar surface area (TPSA) is 23.8 Å². The average molecular weight is 303 g/mol. The molecule has 1 aliphatic rings. The molecule has 0 aromatic heterocycles. The van der Waals surface area contributed by atoms with Crippen LogP contribution in [0.25, 0.3) is 0 Å². The number of aryl methyl sites for hydroxylation is 1. The van der Waals surface area contributed by atoms with E-state index in [1.165, 1.54) is 61.9 Å². The number of benzene rings is 1. The quantitative estimate of drug-likeness (QED) is 0.616. The lowest BCUT2D eigenvalue weighted by atomic mass is 9.78. The highest BCUT2D eigenvalue weighted by atomic mass is 19.1. The minimum atomic E-state index is -0.659. The van der Waals surface area contributed by atoms with Gasteiger partial charge in [-0.05, 0) is 61.3 Å². The predicted molar refractivity (Wildman–Crippen MR) is 84.2 cm³/mol. The summed E-state index contributed by atoms with van der Waals surface area (Å²) < 4.78 is 25.6. The second-order valence-corrected chi connectivity index (χ2v) is 6.29. The Kier molecular flexibility index (Phi) is 6.58. The molecule has 1 aliphatic carbocycles. The van der Waals surface area contributed by atoms with Crippen LogP contribution < -0.4 is 0 Å². The second-order valence-electron chi connectivity index (χ2n) is 6.29. The van der Waals surface area contributed by atoms with E-state index in [0.29, 0.717) is 12.3 Å². The summed E-state index contributed by atoms with van der Waals surface area (Å²) in [5, 5.41) is 8.36. The lowest BCUT2D eigenvalue weighted by molar-refractivity contribution is 0.254. The Bertz CT molecular complexity index is 519. The first kappa shape index (κ1) is 16.7. The molecule has 0 unspecified atom stereocenters. The molecule has 1 saturated carbocycles. The number of halogens is 2. The molecule has 1 aromatic carbocycles. The molecule has 0 atom stereocenters. The summed E-state index contributed by atoms with van der Waals surface area (Å²) in [7, 11) is 0. The largest absolute Gasteiger partial charge is 0.207 e. The van der Waals surface area contributed by atoms with Gasteiger partial charge in [-0.1, -0.05) is 37.8 Å². The van der Waals surface area contributed by atoms with Crippen LogP contribution in [-0.2, 0) is 6.42 Å². The molecule has 1 fully saturated rings. The van der Waals surface area contributed by atoms with Gasteiger partial charge >= 0.3 is 0 Å². The van der Waals surface area contributed by atoms with Crippen LogP contribution in [0.1, 0.15) is 50.5 Å². The zero-order chi connectivity index (χ0) is 15.8. The first-order valence-electron chi connectivity index (χ1n) is 8.17. The van der Waals surface area contributed by atoms with E-state index < -0.39 is 5.83 Å². The van der Waals surface area contributed by atoms with Crippen molar-refractivity contribution in [2.75, 3.05) is 0 Å². The van der Waals surface area contributed by atoms with Crippen molar-refractivity contribution < 1.29 is 8.78 Å². The molecule has 0 spiro atoms. The van der Waals surface area contributed by atoms with Crippen molar-refractivity contribution >= 4 is 0 Å². The summed E-state index contributed by atoms with van der Waals surface area (Å²) in [5.41, 5.74) is 1.21. The van der Waals surface area contributed by atoms with Crippen molar-refractivity contribution in [1.29, 1.82) is 5.26 Å². The van der Waals surface area contributed by atoms with Gasteiger partial charge in [0, 0.05) is 0 Å². The van der Waals surface area contributed by atoms with Crippen LogP contribution in [-0.4, -0.2) is 0 Å². The van der Waals surface area contributed by atoms with Crippen molar-refractivity contribution in [3.63, 3.8) is 0 Å². The average Bonchev–Trinajstić information content (AvgIpc) is 2.55. The molecule has 2 rings (SSSR count). The Morgan fingerprint density at radius 3 is 2.27 bits per heavy atom. The smallest absolute Gasteiger partial charge is 0.196 e. The first-order valence-corrected chi connectivity index (χ1v) is 8.17. The molecular weight excluding hydrogens is 280 g/mol. The van der Waals surface area contributed by atoms with Crippen molar-refractivity contribution in [1.82, 2.24) is 0 Å². The number of nitrogens with zero attached hydrogens (tertiary/aromatic N) is 1. The molecule has 0 heterocycles. The molecule has 1 aromatic rings. The fourth-order valence-corrected chi connectivity index (χ4v) is 3.32. The van der Waals surface area contributed by atoms with E-state index in [1.807, 2.05) is 12.1 Å². The van der Waals surface area contributed by atoms with Crippen LogP contribution in [0.2, 0.25) is 0 Å². The third-order valence-corrected chi connectivity index (χ3v) is 4.73. The maximum Gasteiger partial charge on any atom is 0.196 e. The summed E-state index contributed by atoms with van der Waals surface area (Å²) >= 11 is 0. The summed E-state index contributed by atoms with van der Waals surface area (Å²) in [6.45, 7) is 0. The summed E-state index contributed by atoms with van der Waals surface area (Å²) in [6, 6.07) is 8.32. The fourth-order valence-electron chi connectivity index (χ4n) is 3.32. The fraction of sp³-hybridized carbons (Fsp3) is 0.526. The zero-order valence-electron chi connectivity index (χ0n) is 12.9. The van der Waals surface area contributed by atoms with Crippen molar-refractivity contribution in [3.05, 3.63) is 47.5 Å². The van der Waals surface area contributed by atoms with Gasteiger partial charge in [-0.3, -0.25) is 0 Å². The Balaban J connectivity index is 1.65. The third kappa shape index (κ3) is 5.60. The molecular formula is C19H23F2N. The van der Waals surface area contributed by atoms with Gasteiger partial charge in [-0.15, -0.1) is 0 Å². The van der Waals surface area contributed by atoms with E-state index in [-0.39, 0.29) is 5.82 Å². The van der Waals surface area contributed by atoms with Gasteiger partial charge in [0.25, 0.3) is 0 Å². The maximum absolute atomic E-state index is 12.9. The predicted octanol–water partition coefficient (Wildman–Crippen LogP) is 5.72. The van der Waals surface area contributed by atoms with E-state index in [0.717, 1.165) is 18.8 Å². The Labute approximate surface area is 131 Å². The van der Waals surface area contributed by atoms with E-state index in [2.05, 4.69) is 0 Å². The highest BCUT2D eigenvalue weighted by Gasteiger charge is 2.20. The Hall–Kier alpha value is -1.69. The summed E-state index contributed by atoms with van der Waals surface area (Å²) in [4.78, 5) is 0. The molecule has 0 amide bonds. The van der Waals surface area contributed by atoms with Crippen LogP contribution in [0.4, 0.5) is 8.78 Å². The third-order valence-electron chi connectivity index (χ3n) is 4.73. The van der Waals surface area contributed by atoms with Crippen LogP contribution >= 0.6 is 0 Å². The molecule has 0 N–H and O–H groups in total. The van der Waals surface area contributed by atoms with Crippen molar-refractivity contribution in [2.45, 2.75) is 51.4 Å². The van der Waals surface area contributed by atoms with Gasteiger partial charge in [0.05, 0.1) is 0 Å². The number of nitriles is 1. The van der Waals surface area contributed by atoms with Gasteiger partial charge in [-0.2, -0.15) is 9.65 Å². The van der Waals surface area contributed by atoms with Crippen LogP contribution in [0.3, 0.4) is 0 Å². The molecule has 118 valence electrons. The monoisotopic (exact) mass is 303 g/mol. The lowest BCUT2D eigenvalue weighted by Crippen LogP contribution is -2.15. The minimum absolute atomic E-state index is 0.175. The molecule has 3 heteroatoms. The highest BCUT2D eigenvalue weighted by molar-refractivity contribution is 5.16. The van der Waals surface area contributed by atoms with E-state index in [4.69, 9.17) is 5.26 Å². The second kappa shape index (κ2) is 8.68. The van der Waals surface area contributed by atoms with Crippen molar-refractivity contribution in [3.8, 4) is 6.07 Å². The van der Waals surface area contributed by atoms with E-state index >= 15 is 0 Å². The normalized spacial score (nSPS) is 22.3. The molecule has 1 nitrogen and oxygen atoms in total. The van der Waals surface area contributed by atoms with Gasteiger partial charge < -0.3 is 0 Å². The Morgan fingerprint density at radius 2 is 1.68 bits per heavy atom. The standard InChI is InChI=1S/C19H23F2N/c20-18-12-10-17(11-13-18)9-8-16-6-4-15(5-7-16)2-1-3-19(21)14-22/h3,10-13,15-16H,1-2,4-9H2. The zero-order valence-corrected chi connectivity index (χ0v) is 12.9. The number of hydrogen-bond acceptors (Lipinski definition) is 1. The van der Waals surface area contributed by atoms with Crippen LogP contribution in [0, 0.1) is 29.0 Å². The SMILES string of the molecule is N#CC(F)=CCCC1CCC(CCc2ccc(F)cc2)CC1. The summed E-state index contributed by atoms with van der Waals surface area (Å²) in [6.07, 6.45) is 10.1. The van der Waals surface area contributed by atoms with E-state index in [9.17, 15) is 8.78 Å². The first-order chi connectivity index (χ1) is 10.7.